The standard InChI is InChI=1S/C25H21F5N4O4S/c1-24(2)22(35)34(17-7-10-20(27)19(12-17)25(28,29)30)23(36)33(24)13-14-3-4-15(26)11-21(14)32-16-5-8-18(9-6-16)39(31,37)38/h3-12,32H,13H2,1-2H3,(H2,31,37,38). The van der Waals surface area contributed by atoms with Crippen LogP contribution in [0.4, 0.5) is 43.8 Å². The van der Waals surface area contributed by atoms with Crippen LogP contribution in [0.3, 0.4) is 0 Å². The Kier molecular flexibility index (Phi) is 6.89. The summed E-state index contributed by atoms with van der Waals surface area (Å²) in [6.07, 6.45) is -5.05. The molecule has 206 valence electrons. The first-order valence-corrected chi connectivity index (χ1v) is 12.8. The summed E-state index contributed by atoms with van der Waals surface area (Å²) in [5.41, 5.74) is -2.76. The third-order valence-electron chi connectivity index (χ3n) is 6.20. The first-order valence-electron chi connectivity index (χ1n) is 11.2. The molecule has 39 heavy (non-hydrogen) atoms. The number of nitrogens with one attached hydrogen (secondary N) is 1. The van der Waals surface area contributed by atoms with Crippen LogP contribution in [-0.2, 0) is 27.5 Å². The molecule has 0 bridgehead atoms. The molecule has 1 aliphatic heterocycles. The van der Waals surface area contributed by atoms with Gasteiger partial charge in [0.25, 0.3) is 5.91 Å². The normalized spacial score (nSPS) is 15.7. The fourth-order valence-electron chi connectivity index (χ4n) is 4.06. The summed E-state index contributed by atoms with van der Waals surface area (Å²) in [4.78, 5) is 28.0. The Labute approximate surface area is 219 Å². The summed E-state index contributed by atoms with van der Waals surface area (Å²) in [6.45, 7) is 2.52. The number of carbonyl (C=O) groups excluding carboxylic acids is 2. The number of rotatable bonds is 6. The van der Waals surface area contributed by atoms with Crippen molar-refractivity contribution in [3.05, 3.63) is 83.4 Å². The van der Waals surface area contributed by atoms with Crippen molar-refractivity contribution in [3.8, 4) is 0 Å². The maximum atomic E-state index is 14.1. The molecule has 3 amide bonds. The molecular weight excluding hydrogens is 547 g/mol. The highest BCUT2D eigenvalue weighted by Crippen LogP contribution is 2.38. The van der Waals surface area contributed by atoms with Crippen molar-refractivity contribution in [1.29, 1.82) is 0 Å². The summed E-state index contributed by atoms with van der Waals surface area (Å²) >= 11 is 0. The van der Waals surface area contributed by atoms with E-state index in [2.05, 4.69) is 5.32 Å². The van der Waals surface area contributed by atoms with Gasteiger partial charge in [-0.1, -0.05) is 6.07 Å². The number of benzene rings is 3. The third-order valence-corrected chi connectivity index (χ3v) is 7.13. The van der Waals surface area contributed by atoms with Gasteiger partial charge in [0.1, 0.15) is 17.2 Å². The highest BCUT2D eigenvalue weighted by molar-refractivity contribution is 7.89. The van der Waals surface area contributed by atoms with E-state index in [1.165, 1.54) is 44.2 Å². The zero-order valence-electron chi connectivity index (χ0n) is 20.4. The number of imide groups is 1. The zero-order chi connectivity index (χ0) is 28.9. The Morgan fingerprint density at radius 1 is 0.949 bits per heavy atom. The lowest BCUT2D eigenvalue weighted by Gasteiger charge is -2.28. The van der Waals surface area contributed by atoms with Crippen LogP contribution in [0.25, 0.3) is 0 Å². The molecule has 0 atom stereocenters. The molecule has 1 saturated heterocycles. The lowest BCUT2D eigenvalue weighted by molar-refractivity contribution is -0.140. The van der Waals surface area contributed by atoms with E-state index >= 15 is 0 Å². The van der Waals surface area contributed by atoms with Gasteiger partial charge < -0.3 is 10.2 Å². The van der Waals surface area contributed by atoms with E-state index in [4.69, 9.17) is 5.14 Å². The van der Waals surface area contributed by atoms with Crippen molar-refractivity contribution >= 4 is 39.0 Å². The summed E-state index contributed by atoms with van der Waals surface area (Å²) < 4.78 is 90.7. The van der Waals surface area contributed by atoms with E-state index < -0.39 is 56.6 Å². The lowest BCUT2D eigenvalue weighted by atomic mass is 10.0. The van der Waals surface area contributed by atoms with Crippen molar-refractivity contribution in [1.82, 2.24) is 4.90 Å². The van der Waals surface area contributed by atoms with Gasteiger partial charge in [0.15, 0.2) is 0 Å². The Bertz CT molecular complexity index is 1570. The first-order chi connectivity index (χ1) is 18.0. The molecule has 0 spiro atoms. The highest BCUT2D eigenvalue weighted by Gasteiger charge is 2.52. The highest BCUT2D eigenvalue weighted by atomic mass is 32.2. The van der Waals surface area contributed by atoms with E-state index in [1.807, 2.05) is 0 Å². The van der Waals surface area contributed by atoms with Gasteiger partial charge >= 0.3 is 12.2 Å². The lowest BCUT2D eigenvalue weighted by Crippen LogP contribution is -2.43. The van der Waals surface area contributed by atoms with Gasteiger partial charge in [-0.15, -0.1) is 0 Å². The van der Waals surface area contributed by atoms with Crippen molar-refractivity contribution < 1.29 is 40.0 Å². The molecule has 0 radical (unpaired) electrons. The van der Waals surface area contributed by atoms with Gasteiger partial charge in [-0.3, -0.25) is 4.79 Å². The second kappa shape index (κ2) is 9.61. The largest absolute Gasteiger partial charge is 0.419 e. The second-order valence-corrected chi connectivity index (χ2v) is 10.8. The first kappa shape index (κ1) is 28.0. The van der Waals surface area contributed by atoms with Crippen molar-refractivity contribution in [2.75, 3.05) is 10.2 Å². The van der Waals surface area contributed by atoms with Gasteiger partial charge in [-0.05, 0) is 74.0 Å². The number of hydrogen-bond donors (Lipinski definition) is 2. The van der Waals surface area contributed by atoms with Crippen LogP contribution in [-0.4, -0.2) is 30.8 Å². The number of halogens is 5. The maximum Gasteiger partial charge on any atom is 0.419 e. The quantitative estimate of drug-likeness (QED) is 0.317. The van der Waals surface area contributed by atoms with Gasteiger partial charge in [0, 0.05) is 11.4 Å². The number of urea groups is 1. The van der Waals surface area contributed by atoms with E-state index in [0.717, 1.165) is 23.1 Å². The Balaban J connectivity index is 1.67. The van der Waals surface area contributed by atoms with E-state index in [1.54, 1.807) is 0 Å². The monoisotopic (exact) mass is 568 g/mol. The second-order valence-electron chi connectivity index (χ2n) is 9.23. The minimum atomic E-state index is -5.05. The fourth-order valence-corrected chi connectivity index (χ4v) is 4.57. The Hall–Kier alpha value is -4.04. The molecule has 0 aromatic heterocycles. The smallest absolute Gasteiger partial charge is 0.355 e. The average molecular weight is 569 g/mol. The van der Waals surface area contributed by atoms with Gasteiger partial charge in [0.2, 0.25) is 10.0 Å². The van der Waals surface area contributed by atoms with Crippen LogP contribution in [0.2, 0.25) is 0 Å². The molecule has 0 unspecified atom stereocenters. The van der Waals surface area contributed by atoms with Crippen LogP contribution in [0, 0.1) is 11.6 Å². The summed E-state index contributed by atoms with van der Waals surface area (Å²) in [5.74, 6) is -3.04. The number of primary sulfonamides is 1. The molecular formula is C25H21F5N4O4S. The molecule has 1 fully saturated rings. The number of hydrogen-bond acceptors (Lipinski definition) is 5. The van der Waals surface area contributed by atoms with Gasteiger partial charge in [-0.2, -0.15) is 13.2 Å². The number of amides is 3. The van der Waals surface area contributed by atoms with Crippen LogP contribution in [0.5, 0.6) is 0 Å². The molecule has 3 N–H and O–H groups in total. The molecule has 3 aromatic carbocycles. The fraction of sp³-hybridized carbons (Fsp3) is 0.200. The summed E-state index contributed by atoms with van der Waals surface area (Å²) in [6, 6.07) is 9.68. The summed E-state index contributed by atoms with van der Waals surface area (Å²) in [5, 5.41) is 8.01. The van der Waals surface area contributed by atoms with Crippen molar-refractivity contribution in [2.24, 2.45) is 5.14 Å². The van der Waals surface area contributed by atoms with Crippen molar-refractivity contribution in [2.45, 2.75) is 37.0 Å². The SMILES string of the molecule is CC1(C)C(=O)N(c2ccc(F)c(C(F)(F)F)c2)C(=O)N1Cc1ccc(F)cc1Nc1ccc(S(N)(=O)=O)cc1. The van der Waals surface area contributed by atoms with E-state index in [-0.39, 0.29) is 17.1 Å². The average Bonchev–Trinajstić information content (AvgIpc) is 2.99. The number of nitrogens with zero attached hydrogens (tertiary/aromatic N) is 2. The molecule has 0 saturated carbocycles. The molecule has 0 aliphatic carbocycles. The third kappa shape index (κ3) is 5.43. The molecule has 1 heterocycles. The molecule has 14 heteroatoms. The topological polar surface area (TPSA) is 113 Å². The summed E-state index contributed by atoms with van der Waals surface area (Å²) in [7, 11) is -3.94. The molecule has 8 nitrogen and oxygen atoms in total. The maximum absolute atomic E-state index is 14.1. The molecule has 4 rings (SSSR count). The predicted molar refractivity (Wildman–Crippen MR) is 131 cm³/mol. The van der Waals surface area contributed by atoms with Crippen LogP contribution in [0.15, 0.2) is 65.6 Å². The Morgan fingerprint density at radius 3 is 2.18 bits per heavy atom. The van der Waals surface area contributed by atoms with Crippen LogP contribution in [0.1, 0.15) is 25.0 Å². The van der Waals surface area contributed by atoms with E-state index in [0.29, 0.717) is 28.3 Å². The van der Waals surface area contributed by atoms with Crippen LogP contribution < -0.4 is 15.4 Å². The Morgan fingerprint density at radius 2 is 1.59 bits per heavy atom. The van der Waals surface area contributed by atoms with Crippen molar-refractivity contribution in [3.63, 3.8) is 0 Å². The number of sulfonamides is 1. The van der Waals surface area contributed by atoms with Gasteiger partial charge in [0.05, 0.1) is 22.7 Å². The number of nitrogens with two attached hydrogens (primary N) is 1. The number of alkyl halides is 3. The van der Waals surface area contributed by atoms with E-state index in [9.17, 15) is 40.0 Å². The minimum absolute atomic E-state index is 0.148. The molecule has 1 aliphatic rings. The number of carbonyl (C=O) groups is 2. The van der Waals surface area contributed by atoms with Crippen LogP contribution >= 0.6 is 0 Å². The minimum Gasteiger partial charge on any atom is -0.355 e. The zero-order valence-corrected chi connectivity index (χ0v) is 21.2. The molecule has 3 aromatic rings. The number of anilines is 3. The van der Waals surface area contributed by atoms with Gasteiger partial charge in [-0.25, -0.2) is 32.0 Å². The predicted octanol–water partition coefficient (Wildman–Crippen LogP) is 5.12.